The van der Waals surface area contributed by atoms with Crippen LogP contribution < -0.4 is 15.9 Å². The Morgan fingerprint density at radius 1 is 0.812 bits per heavy atom. The largest absolute Gasteiger partial charge is 0.999 e. The van der Waals surface area contributed by atoms with Gasteiger partial charge in [-0.1, -0.05) is 72.6 Å². The summed E-state index contributed by atoms with van der Waals surface area (Å²) in [6, 6.07) is 44.5. The second-order valence-electron chi connectivity index (χ2n) is 5.75. The van der Waals surface area contributed by atoms with E-state index in [4.69, 9.17) is 4.65 Å². The fourth-order valence-corrected chi connectivity index (χ4v) is 5.07. The van der Waals surface area contributed by atoms with E-state index >= 15 is 0 Å². The topological polar surface area (TPSA) is 60.0 Å². The Kier molecular flexibility index (Phi) is 18.2. The SMILES string of the molecule is CCS(=O)[O-].[C-]#[O+].[Fe].[c-]1[c-][c-][cH-][c-]1.c1ccc([PH+](c2ccccc2)c2ccccc2)cc1. The summed E-state index contributed by atoms with van der Waals surface area (Å²) in [5.41, 5.74) is 0. The van der Waals surface area contributed by atoms with Gasteiger partial charge in [-0.05, 0) is 36.4 Å². The van der Waals surface area contributed by atoms with Crippen LogP contribution in [0.3, 0.4) is 0 Å². The summed E-state index contributed by atoms with van der Waals surface area (Å²) in [6.45, 7) is 6.09. The molecular formula is C26H22FeO3PS-5. The standard InChI is InChI=1S/C18H15P.C5H.C2H6O2S.CO.Fe/c1-4-10-16(11-5-1)19(17-12-6-2-7-13-17)18-14-8-3-9-15-18;1-2-4-5-3-1;1-2-5(3)4;1-2;/h1-15H;1H;2H2,1H3,(H,3,4);;/q;-5;;;. The smallest absolute Gasteiger partial charge is 0.102 e. The molecule has 1 atom stereocenters. The van der Waals surface area contributed by atoms with Gasteiger partial charge >= 0.3 is 11.3 Å². The molecular weight excluding hydrogens is 479 g/mol. The molecule has 0 heterocycles. The van der Waals surface area contributed by atoms with Crippen molar-refractivity contribution in [3.05, 3.63) is 128 Å². The first-order valence-electron chi connectivity index (χ1n) is 9.34. The number of hydrogen-bond donors (Lipinski definition) is 0. The van der Waals surface area contributed by atoms with Crippen molar-refractivity contribution < 1.29 is 30.5 Å². The normalized spacial score (nSPS) is 9.91. The van der Waals surface area contributed by atoms with Gasteiger partial charge in [0.1, 0.15) is 15.9 Å². The molecule has 0 bridgehead atoms. The number of hydrogen-bond acceptors (Lipinski definition) is 2. The molecule has 32 heavy (non-hydrogen) atoms. The fourth-order valence-electron chi connectivity index (χ4n) is 2.49. The zero-order valence-electron chi connectivity index (χ0n) is 17.4. The minimum atomic E-state index is -1.82. The van der Waals surface area contributed by atoms with E-state index in [2.05, 4.69) is 122 Å². The molecule has 1 unspecified atom stereocenters. The van der Waals surface area contributed by atoms with Crippen molar-refractivity contribution in [2.75, 3.05) is 5.75 Å². The quantitative estimate of drug-likeness (QED) is 0.141. The first kappa shape index (κ1) is 29.8. The molecule has 0 radical (unpaired) electrons. The number of rotatable bonds is 4. The van der Waals surface area contributed by atoms with E-state index in [1.54, 1.807) is 13.0 Å². The maximum absolute atomic E-state index is 9.37. The summed E-state index contributed by atoms with van der Waals surface area (Å²) in [5.74, 6) is 0.222. The third-order valence-electron chi connectivity index (χ3n) is 3.77. The van der Waals surface area contributed by atoms with Gasteiger partial charge < -0.3 is 34.9 Å². The molecule has 0 aliphatic rings. The van der Waals surface area contributed by atoms with Crippen LogP contribution in [0.25, 0.3) is 0 Å². The first-order chi connectivity index (χ1) is 15.2. The van der Waals surface area contributed by atoms with Gasteiger partial charge in [0.2, 0.25) is 0 Å². The molecule has 0 aliphatic carbocycles. The molecule has 0 aliphatic heterocycles. The Morgan fingerprint density at radius 2 is 1.09 bits per heavy atom. The van der Waals surface area contributed by atoms with Crippen molar-refractivity contribution in [3.63, 3.8) is 0 Å². The van der Waals surface area contributed by atoms with Crippen molar-refractivity contribution in [2.45, 2.75) is 6.92 Å². The minimum Gasteiger partial charge on any atom is -0.999 e. The summed E-state index contributed by atoms with van der Waals surface area (Å²) in [6.07, 6.45) is 0. The molecule has 0 N–H and O–H groups in total. The van der Waals surface area contributed by atoms with Gasteiger partial charge in [-0.15, -0.1) is 0 Å². The van der Waals surface area contributed by atoms with Crippen LogP contribution in [-0.2, 0) is 32.8 Å². The summed E-state index contributed by atoms with van der Waals surface area (Å²) in [5, 5.41) is 4.31. The van der Waals surface area contributed by atoms with Crippen LogP contribution in [0.5, 0.6) is 0 Å². The average molecular weight is 501 g/mol. The molecule has 0 fully saturated rings. The van der Waals surface area contributed by atoms with Crippen LogP contribution in [0, 0.1) is 30.9 Å². The third-order valence-corrected chi connectivity index (χ3v) is 6.98. The molecule has 0 amide bonds. The van der Waals surface area contributed by atoms with Crippen molar-refractivity contribution in [2.24, 2.45) is 0 Å². The van der Waals surface area contributed by atoms with Crippen molar-refractivity contribution >= 4 is 34.9 Å². The minimum absolute atomic E-state index is 0. The molecule has 0 spiro atoms. The molecule has 168 valence electrons. The maximum atomic E-state index is 9.37. The Hall–Kier alpha value is -2.19. The van der Waals surface area contributed by atoms with Gasteiger partial charge in [-0.25, -0.2) is 0 Å². The maximum Gasteiger partial charge on any atom is 0.102 e. The monoisotopic (exact) mass is 501 g/mol. The molecule has 4 aromatic rings. The fraction of sp³-hybridized carbons (Fsp3) is 0.0769. The summed E-state index contributed by atoms with van der Waals surface area (Å²) in [7, 11) is -0.877. The average Bonchev–Trinajstić information content (AvgIpc) is 3.44. The van der Waals surface area contributed by atoms with Crippen LogP contribution in [-0.4, -0.2) is 14.5 Å². The van der Waals surface area contributed by atoms with Gasteiger partial charge in [0.15, 0.2) is 0 Å². The van der Waals surface area contributed by atoms with Gasteiger partial charge in [-0.3, -0.25) is 4.21 Å². The molecule has 6 heteroatoms. The van der Waals surface area contributed by atoms with E-state index in [0.29, 0.717) is 0 Å². The van der Waals surface area contributed by atoms with Crippen LogP contribution in [0.2, 0.25) is 0 Å². The molecule has 4 rings (SSSR count). The predicted molar refractivity (Wildman–Crippen MR) is 127 cm³/mol. The second kappa shape index (κ2) is 19.5. The van der Waals surface area contributed by atoms with E-state index in [9.17, 15) is 8.76 Å². The first-order valence-corrected chi connectivity index (χ1v) is 12.1. The van der Waals surface area contributed by atoms with Crippen molar-refractivity contribution in [1.29, 1.82) is 0 Å². The summed E-state index contributed by atoms with van der Waals surface area (Å²) < 4.78 is 26.2. The van der Waals surface area contributed by atoms with Gasteiger partial charge in [0.25, 0.3) is 0 Å². The number of benzene rings is 3. The Bertz CT molecular complexity index is 852. The van der Waals surface area contributed by atoms with Gasteiger partial charge in [0.05, 0.1) is 7.92 Å². The Labute approximate surface area is 205 Å². The zero-order chi connectivity index (χ0) is 22.7. The van der Waals surface area contributed by atoms with Crippen molar-refractivity contribution in [1.82, 2.24) is 0 Å². The predicted octanol–water partition coefficient (Wildman–Crippen LogP) is 3.63. The summed E-state index contributed by atoms with van der Waals surface area (Å²) in [4.78, 5) is 0. The molecule has 3 nitrogen and oxygen atoms in total. The Morgan fingerprint density at radius 3 is 1.28 bits per heavy atom. The van der Waals surface area contributed by atoms with E-state index in [-0.39, 0.29) is 22.8 Å². The van der Waals surface area contributed by atoms with Gasteiger partial charge in [0, 0.05) is 22.8 Å². The molecule has 0 saturated heterocycles. The molecule has 0 aromatic heterocycles. The van der Waals surface area contributed by atoms with Crippen LogP contribution >= 0.6 is 7.92 Å². The van der Waals surface area contributed by atoms with Crippen LogP contribution in [0.1, 0.15) is 6.92 Å². The summed E-state index contributed by atoms with van der Waals surface area (Å²) >= 11 is -1.82. The second-order valence-corrected chi connectivity index (χ2v) is 9.42. The van der Waals surface area contributed by atoms with E-state index in [1.165, 1.54) is 15.9 Å². The molecule has 0 saturated carbocycles. The van der Waals surface area contributed by atoms with E-state index in [1.807, 2.05) is 0 Å². The van der Waals surface area contributed by atoms with Crippen LogP contribution in [0.4, 0.5) is 0 Å². The van der Waals surface area contributed by atoms with Crippen molar-refractivity contribution in [3.8, 4) is 0 Å². The van der Waals surface area contributed by atoms with E-state index in [0.717, 1.165) is 0 Å². The zero-order valence-corrected chi connectivity index (χ0v) is 20.4. The Balaban J connectivity index is 0.000000614. The van der Waals surface area contributed by atoms with Crippen LogP contribution in [0.15, 0.2) is 97.1 Å². The third kappa shape index (κ3) is 12.0. The van der Waals surface area contributed by atoms with E-state index < -0.39 is 19.0 Å². The van der Waals surface area contributed by atoms with Gasteiger partial charge in [-0.2, -0.15) is 0 Å². The molecule has 4 aromatic carbocycles.